The number of alkyl halides is 3. The van der Waals surface area contributed by atoms with Gasteiger partial charge in [0.2, 0.25) is 0 Å². The number of methoxy groups -OCH3 is 1. The van der Waals surface area contributed by atoms with Gasteiger partial charge in [0.05, 0.1) is 7.11 Å². The number of fused-ring (bicyclic) bond motifs is 1. The SMILES string of the molecule is COc1cccn2c(C(=O)Nc3cccc(N(C)C)c3)c(C(F)(F)F)nc12. The first-order valence-corrected chi connectivity index (χ1v) is 7.93. The first-order valence-electron chi connectivity index (χ1n) is 7.93. The fraction of sp³-hybridized carbons (Fsp3) is 0.222. The molecule has 9 heteroatoms. The highest BCUT2D eigenvalue weighted by molar-refractivity contribution is 6.05. The molecule has 0 radical (unpaired) electrons. The quantitative estimate of drug-likeness (QED) is 0.753. The Morgan fingerprint density at radius 1 is 1.22 bits per heavy atom. The molecule has 0 spiro atoms. The minimum Gasteiger partial charge on any atom is -0.493 e. The third-order valence-electron chi connectivity index (χ3n) is 3.94. The lowest BCUT2D eigenvalue weighted by Gasteiger charge is -2.14. The molecule has 27 heavy (non-hydrogen) atoms. The maximum absolute atomic E-state index is 13.5. The van der Waals surface area contributed by atoms with Crippen molar-refractivity contribution in [1.82, 2.24) is 9.38 Å². The molecule has 0 bridgehead atoms. The van der Waals surface area contributed by atoms with Crippen LogP contribution in [0.4, 0.5) is 24.5 Å². The number of ether oxygens (including phenoxy) is 1. The molecule has 3 rings (SSSR count). The summed E-state index contributed by atoms with van der Waals surface area (Å²) >= 11 is 0. The molecular formula is C18H17F3N4O2. The van der Waals surface area contributed by atoms with Gasteiger partial charge in [-0.1, -0.05) is 6.07 Å². The van der Waals surface area contributed by atoms with Gasteiger partial charge < -0.3 is 15.0 Å². The maximum atomic E-state index is 13.5. The Labute approximate surface area is 153 Å². The molecule has 2 heterocycles. The van der Waals surface area contributed by atoms with E-state index in [9.17, 15) is 18.0 Å². The van der Waals surface area contributed by atoms with E-state index in [1.54, 1.807) is 18.2 Å². The molecule has 1 aromatic carbocycles. The number of nitrogens with zero attached hydrogens (tertiary/aromatic N) is 3. The number of hydrogen-bond acceptors (Lipinski definition) is 4. The lowest BCUT2D eigenvalue weighted by molar-refractivity contribution is -0.141. The molecule has 1 N–H and O–H groups in total. The predicted molar refractivity (Wildman–Crippen MR) is 95.5 cm³/mol. The van der Waals surface area contributed by atoms with Gasteiger partial charge in [0.15, 0.2) is 17.1 Å². The van der Waals surface area contributed by atoms with Crippen molar-refractivity contribution in [2.45, 2.75) is 6.18 Å². The summed E-state index contributed by atoms with van der Waals surface area (Å²) in [7, 11) is 4.96. The van der Waals surface area contributed by atoms with Gasteiger partial charge >= 0.3 is 6.18 Å². The summed E-state index contributed by atoms with van der Waals surface area (Å²) in [5.74, 6) is -0.782. The highest BCUT2D eigenvalue weighted by atomic mass is 19.4. The summed E-state index contributed by atoms with van der Waals surface area (Å²) in [4.78, 5) is 18.1. The molecule has 0 fully saturated rings. The number of carbonyl (C=O) groups is 1. The van der Waals surface area contributed by atoms with E-state index in [4.69, 9.17) is 4.74 Å². The number of amides is 1. The topological polar surface area (TPSA) is 58.9 Å². The van der Waals surface area contributed by atoms with Crippen molar-refractivity contribution >= 4 is 22.9 Å². The summed E-state index contributed by atoms with van der Waals surface area (Å²) in [5, 5.41) is 2.51. The number of nitrogens with one attached hydrogen (secondary N) is 1. The Morgan fingerprint density at radius 3 is 2.59 bits per heavy atom. The summed E-state index contributed by atoms with van der Waals surface area (Å²) in [5.41, 5.74) is -0.791. The average Bonchev–Trinajstić information content (AvgIpc) is 3.02. The van der Waals surface area contributed by atoms with Crippen LogP contribution < -0.4 is 15.0 Å². The minimum absolute atomic E-state index is 0.0838. The highest BCUT2D eigenvalue weighted by Crippen LogP contribution is 2.34. The van der Waals surface area contributed by atoms with Crippen molar-refractivity contribution in [3.05, 3.63) is 54.0 Å². The van der Waals surface area contributed by atoms with Gasteiger partial charge in [-0.2, -0.15) is 13.2 Å². The Kier molecular flexibility index (Phi) is 4.69. The highest BCUT2D eigenvalue weighted by Gasteiger charge is 2.40. The summed E-state index contributed by atoms with van der Waals surface area (Å²) in [6.07, 6.45) is -3.46. The molecular weight excluding hydrogens is 361 g/mol. The number of aromatic nitrogens is 2. The monoisotopic (exact) mass is 378 g/mol. The molecule has 0 saturated carbocycles. The standard InChI is InChI=1S/C18H17F3N4O2/c1-24(2)12-7-4-6-11(10-12)22-17(26)14-15(18(19,20)21)23-16-13(27-3)8-5-9-25(14)16/h4-10H,1-3H3,(H,22,26). The molecule has 3 aromatic rings. The fourth-order valence-electron chi connectivity index (χ4n) is 2.67. The van der Waals surface area contributed by atoms with E-state index in [0.717, 1.165) is 10.1 Å². The zero-order valence-corrected chi connectivity index (χ0v) is 14.8. The van der Waals surface area contributed by atoms with Gasteiger partial charge in [-0.3, -0.25) is 9.20 Å². The van der Waals surface area contributed by atoms with Crippen molar-refractivity contribution in [2.75, 3.05) is 31.4 Å². The van der Waals surface area contributed by atoms with E-state index < -0.39 is 23.5 Å². The van der Waals surface area contributed by atoms with Crippen LogP contribution in [0, 0.1) is 0 Å². The summed E-state index contributed by atoms with van der Waals surface area (Å²) < 4.78 is 46.6. The molecule has 0 aliphatic rings. The number of benzene rings is 1. The number of rotatable bonds is 4. The zero-order valence-electron chi connectivity index (χ0n) is 14.8. The van der Waals surface area contributed by atoms with Crippen LogP contribution in [0.1, 0.15) is 16.2 Å². The second kappa shape index (κ2) is 6.82. The van der Waals surface area contributed by atoms with Gasteiger partial charge in [0, 0.05) is 31.7 Å². The van der Waals surface area contributed by atoms with E-state index >= 15 is 0 Å². The third kappa shape index (κ3) is 3.53. The molecule has 0 aliphatic heterocycles. The second-order valence-electron chi connectivity index (χ2n) is 5.98. The van der Waals surface area contributed by atoms with E-state index in [0.29, 0.717) is 5.69 Å². The van der Waals surface area contributed by atoms with Crippen LogP contribution in [0.15, 0.2) is 42.6 Å². The summed E-state index contributed by atoms with van der Waals surface area (Å²) in [6, 6.07) is 9.74. The van der Waals surface area contributed by atoms with Crippen LogP contribution in [0.2, 0.25) is 0 Å². The van der Waals surface area contributed by atoms with Crippen LogP contribution >= 0.6 is 0 Å². The van der Waals surface area contributed by atoms with Gasteiger partial charge in [-0.15, -0.1) is 0 Å². The summed E-state index contributed by atoms with van der Waals surface area (Å²) in [6.45, 7) is 0. The third-order valence-corrected chi connectivity index (χ3v) is 3.94. The Hall–Kier alpha value is -3.23. The molecule has 0 atom stereocenters. The van der Waals surface area contributed by atoms with Crippen molar-refractivity contribution in [3.63, 3.8) is 0 Å². The zero-order chi connectivity index (χ0) is 19.8. The fourth-order valence-corrected chi connectivity index (χ4v) is 2.67. The van der Waals surface area contributed by atoms with Crippen molar-refractivity contribution < 1.29 is 22.7 Å². The van der Waals surface area contributed by atoms with Crippen LogP contribution in [0.5, 0.6) is 5.75 Å². The van der Waals surface area contributed by atoms with Crippen LogP contribution in [0.25, 0.3) is 5.65 Å². The normalized spacial score (nSPS) is 11.5. The number of imidazole rings is 1. The Morgan fingerprint density at radius 2 is 1.96 bits per heavy atom. The van der Waals surface area contributed by atoms with E-state index in [-0.39, 0.29) is 11.4 Å². The maximum Gasteiger partial charge on any atom is 0.435 e. The van der Waals surface area contributed by atoms with Crippen LogP contribution in [0.3, 0.4) is 0 Å². The molecule has 0 aliphatic carbocycles. The second-order valence-corrected chi connectivity index (χ2v) is 5.98. The molecule has 0 saturated heterocycles. The van der Waals surface area contributed by atoms with Gasteiger partial charge in [-0.05, 0) is 30.3 Å². The smallest absolute Gasteiger partial charge is 0.435 e. The number of anilines is 2. The molecule has 1 amide bonds. The molecule has 2 aromatic heterocycles. The predicted octanol–water partition coefficient (Wildman–Crippen LogP) is 3.68. The lowest BCUT2D eigenvalue weighted by atomic mass is 10.2. The average molecular weight is 378 g/mol. The van der Waals surface area contributed by atoms with Gasteiger partial charge in [-0.25, -0.2) is 4.98 Å². The first kappa shape index (κ1) is 18.6. The van der Waals surface area contributed by atoms with E-state index in [1.807, 2.05) is 25.1 Å². The Balaban J connectivity index is 2.09. The number of carbonyl (C=O) groups excluding carboxylic acids is 1. The number of pyridine rings is 1. The lowest BCUT2D eigenvalue weighted by Crippen LogP contribution is -2.20. The largest absolute Gasteiger partial charge is 0.493 e. The van der Waals surface area contributed by atoms with Crippen LogP contribution in [-0.4, -0.2) is 36.5 Å². The van der Waals surface area contributed by atoms with Gasteiger partial charge in [0.25, 0.3) is 5.91 Å². The van der Waals surface area contributed by atoms with Crippen molar-refractivity contribution in [3.8, 4) is 5.75 Å². The number of hydrogen-bond donors (Lipinski definition) is 1. The van der Waals surface area contributed by atoms with Crippen molar-refractivity contribution in [1.29, 1.82) is 0 Å². The first-order chi connectivity index (χ1) is 12.7. The van der Waals surface area contributed by atoms with E-state index in [2.05, 4.69) is 10.3 Å². The molecule has 0 unspecified atom stereocenters. The number of halogens is 3. The van der Waals surface area contributed by atoms with Crippen molar-refractivity contribution in [2.24, 2.45) is 0 Å². The van der Waals surface area contributed by atoms with Gasteiger partial charge in [0.1, 0.15) is 5.69 Å². The van der Waals surface area contributed by atoms with E-state index in [1.165, 1.54) is 25.4 Å². The Bertz CT molecular complexity index is 996. The minimum atomic E-state index is -4.80. The van der Waals surface area contributed by atoms with Crippen LogP contribution in [-0.2, 0) is 6.18 Å². The molecule has 142 valence electrons. The molecule has 6 nitrogen and oxygen atoms in total.